The monoisotopic (exact) mass is 261 g/mol. The Morgan fingerprint density at radius 2 is 1.94 bits per heavy atom. The lowest BCUT2D eigenvalue weighted by molar-refractivity contribution is -0.120. The SMILES string of the molecule is CC(C)N(CC(F)(F)F)c1nccnc1C(=N)N. The first-order valence-corrected chi connectivity index (χ1v) is 5.21. The fraction of sp³-hybridized carbons (Fsp3) is 0.500. The fourth-order valence-electron chi connectivity index (χ4n) is 1.43. The Labute approximate surface area is 102 Å². The molecule has 0 amide bonds. The van der Waals surface area contributed by atoms with Crippen molar-refractivity contribution in [2.24, 2.45) is 5.73 Å². The smallest absolute Gasteiger partial charge is 0.382 e. The number of nitrogens with one attached hydrogen (secondary N) is 1. The van der Waals surface area contributed by atoms with E-state index in [1.165, 1.54) is 12.4 Å². The molecule has 8 heteroatoms. The normalized spacial score (nSPS) is 11.7. The molecule has 3 N–H and O–H groups in total. The summed E-state index contributed by atoms with van der Waals surface area (Å²) in [5.74, 6) is -0.441. The van der Waals surface area contributed by atoms with Gasteiger partial charge in [0.15, 0.2) is 5.82 Å². The van der Waals surface area contributed by atoms with Crippen molar-refractivity contribution >= 4 is 11.7 Å². The summed E-state index contributed by atoms with van der Waals surface area (Å²) < 4.78 is 37.5. The third-order valence-electron chi connectivity index (χ3n) is 2.18. The van der Waals surface area contributed by atoms with Crippen molar-refractivity contribution in [3.63, 3.8) is 0 Å². The summed E-state index contributed by atoms with van der Waals surface area (Å²) in [6.45, 7) is 2.04. The van der Waals surface area contributed by atoms with E-state index in [1.54, 1.807) is 13.8 Å². The molecule has 0 aromatic carbocycles. The molecule has 1 heterocycles. The molecule has 0 bridgehead atoms. The summed E-state index contributed by atoms with van der Waals surface area (Å²) in [5, 5.41) is 7.31. The van der Waals surface area contributed by atoms with Crippen molar-refractivity contribution in [3.8, 4) is 0 Å². The highest BCUT2D eigenvalue weighted by molar-refractivity contribution is 5.97. The lowest BCUT2D eigenvalue weighted by Crippen LogP contribution is -2.41. The van der Waals surface area contributed by atoms with Gasteiger partial charge in [-0.3, -0.25) is 5.41 Å². The van der Waals surface area contributed by atoms with Gasteiger partial charge in [0, 0.05) is 18.4 Å². The zero-order valence-corrected chi connectivity index (χ0v) is 9.99. The lowest BCUT2D eigenvalue weighted by Gasteiger charge is -2.29. The van der Waals surface area contributed by atoms with Crippen molar-refractivity contribution in [1.29, 1.82) is 5.41 Å². The molecule has 0 unspecified atom stereocenters. The highest BCUT2D eigenvalue weighted by atomic mass is 19.4. The van der Waals surface area contributed by atoms with Crippen molar-refractivity contribution < 1.29 is 13.2 Å². The number of hydrogen-bond acceptors (Lipinski definition) is 4. The Morgan fingerprint density at radius 1 is 1.39 bits per heavy atom. The largest absolute Gasteiger partial charge is 0.405 e. The van der Waals surface area contributed by atoms with Gasteiger partial charge in [0.2, 0.25) is 0 Å². The third kappa shape index (κ3) is 3.57. The van der Waals surface area contributed by atoms with Crippen LogP contribution in [0, 0.1) is 5.41 Å². The summed E-state index contributed by atoms with van der Waals surface area (Å²) in [6.07, 6.45) is -1.81. The summed E-state index contributed by atoms with van der Waals surface area (Å²) in [4.78, 5) is 8.66. The van der Waals surface area contributed by atoms with E-state index in [0.717, 1.165) is 4.90 Å². The summed E-state index contributed by atoms with van der Waals surface area (Å²) in [5.41, 5.74) is 5.24. The average molecular weight is 261 g/mol. The van der Waals surface area contributed by atoms with Crippen molar-refractivity contribution in [2.75, 3.05) is 11.4 Å². The van der Waals surface area contributed by atoms with Gasteiger partial charge in [0.1, 0.15) is 18.1 Å². The Morgan fingerprint density at radius 3 is 2.39 bits per heavy atom. The van der Waals surface area contributed by atoms with Crippen molar-refractivity contribution in [2.45, 2.75) is 26.1 Å². The number of nitrogens with zero attached hydrogens (tertiary/aromatic N) is 3. The number of rotatable bonds is 4. The van der Waals surface area contributed by atoms with Gasteiger partial charge in [0.05, 0.1) is 0 Å². The maximum absolute atomic E-state index is 12.5. The molecule has 1 aromatic rings. The predicted octanol–water partition coefficient (Wildman–Crippen LogP) is 1.54. The lowest BCUT2D eigenvalue weighted by atomic mass is 10.2. The Balaban J connectivity index is 3.18. The molecule has 1 aromatic heterocycles. The quantitative estimate of drug-likeness (QED) is 0.636. The molecule has 0 fully saturated rings. The number of anilines is 1. The van der Waals surface area contributed by atoms with Crippen LogP contribution < -0.4 is 10.6 Å². The van der Waals surface area contributed by atoms with Crippen LogP contribution in [-0.4, -0.2) is 34.6 Å². The van der Waals surface area contributed by atoms with E-state index in [9.17, 15) is 13.2 Å². The second-order valence-electron chi connectivity index (χ2n) is 3.98. The van der Waals surface area contributed by atoms with Gasteiger partial charge in [-0.25, -0.2) is 9.97 Å². The summed E-state index contributed by atoms with van der Waals surface area (Å²) in [7, 11) is 0. The molecular formula is C10H14F3N5. The number of halogens is 3. The number of nitrogens with two attached hydrogens (primary N) is 1. The van der Waals surface area contributed by atoms with Gasteiger partial charge in [-0.2, -0.15) is 13.2 Å². The molecule has 0 spiro atoms. The van der Waals surface area contributed by atoms with Gasteiger partial charge in [-0.15, -0.1) is 0 Å². The van der Waals surface area contributed by atoms with Crippen LogP contribution in [0.5, 0.6) is 0 Å². The van der Waals surface area contributed by atoms with Crippen LogP contribution in [0.1, 0.15) is 19.5 Å². The highest BCUT2D eigenvalue weighted by Gasteiger charge is 2.33. The molecule has 0 saturated carbocycles. The Hall–Kier alpha value is -1.86. The second-order valence-corrected chi connectivity index (χ2v) is 3.98. The second kappa shape index (κ2) is 5.19. The average Bonchev–Trinajstić information content (AvgIpc) is 2.24. The molecular weight excluding hydrogens is 247 g/mol. The number of amidine groups is 1. The zero-order chi connectivity index (χ0) is 13.9. The van der Waals surface area contributed by atoms with E-state index in [0.29, 0.717) is 0 Å². The van der Waals surface area contributed by atoms with Gasteiger partial charge >= 0.3 is 6.18 Å². The van der Waals surface area contributed by atoms with Gasteiger partial charge in [-0.1, -0.05) is 0 Å². The number of aromatic nitrogens is 2. The molecule has 1 rings (SSSR count). The minimum atomic E-state index is -4.37. The summed E-state index contributed by atoms with van der Waals surface area (Å²) in [6, 6.07) is -0.443. The molecule has 0 atom stereocenters. The molecule has 100 valence electrons. The molecule has 0 radical (unpaired) electrons. The standard InChI is InChI=1S/C10H14F3N5/c1-6(2)18(5-10(11,12)13)9-7(8(14)15)16-3-4-17-9/h3-4,6H,5H2,1-2H3,(H3,14,15). The Kier molecular flexibility index (Phi) is 4.10. The highest BCUT2D eigenvalue weighted by Crippen LogP contribution is 2.24. The van der Waals surface area contributed by atoms with Crippen LogP contribution in [0.25, 0.3) is 0 Å². The Bertz CT molecular complexity index is 430. The molecule has 0 aliphatic carbocycles. The minimum Gasteiger partial charge on any atom is -0.382 e. The van der Waals surface area contributed by atoms with E-state index >= 15 is 0 Å². The van der Waals surface area contributed by atoms with E-state index in [1.807, 2.05) is 0 Å². The van der Waals surface area contributed by atoms with Gasteiger partial charge < -0.3 is 10.6 Å². The summed E-state index contributed by atoms with van der Waals surface area (Å²) >= 11 is 0. The van der Waals surface area contributed by atoms with Crippen LogP contribution in [0.15, 0.2) is 12.4 Å². The number of nitrogen functional groups attached to an aromatic ring is 1. The van der Waals surface area contributed by atoms with Crippen LogP contribution >= 0.6 is 0 Å². The number of hydrogen-bond donors (Lipinski definition) is 2. The van der Waals surface area contributed by atoms with Crippen molar-refractivity contribution in [3.05, 3.63) is 18.1 Å². The van der Waals surface area contributed by atoms with E-state index in [-0.39, 0.29) is 11.5 Å². The first-order chi connectivity index (χ1) is 8.22. The fourth-order valence-corrected chi connectivity index (χ4v) is 1.43. The van der Waals surface area contributed by atoms with Gasteiger partial charge in [-0.05, 0) is 13.8 Å². The molecule has 0 aliphatic heterocycles. The molecule has 18 heavy (non-hydrogen) atoms. The molecule has 0 aliphatic rings. The first-order valence-electron chi connectivity index (χ1n) is 5.21. The van der Waals surface area contributed by atoms with Crippen molar-refractivity contribution in [1.82, 2.24) is 9.97 Å². The maximum Gasteiger partial charge on any atom is 0.405 e. The van der Waals surface area contributed by atoms with E-state index in [4.69, 9.17) is 11.1 Å². The van der Waals surface area contributed by atoms with Crippen LogP contribution in [0.3, 0.4) is 0 Å². The van der Waals surface area contributed by atoms with Crippen LogP contribution in [-0.2, 0) is 0 Å². The number of alkyl halides is 3. The zero-order valence-electron chi connectivity index (χ0n) is 9.99. The topological polar surface area (TPSA) is 78.9 Å². The van der Waals surface area contributed by atoms with Crippen LogP contribution in [0.4, 0.5) is 19.0 Å². The van der Waals surface area contributed by atoms with Gasteiger partial charge in [0.25, 0.3) is 0 Å². The maximum atomic E-state index is 12.5. The molecule has 0 saturated heterocycles. The van der Waals surface area contributed by atoms with Crippen LogP contribution in [0.2, 0.25) is 0 Å². The third-order valence-corrected chi connectivity index (χ3v) is 2.18. The minimum absolute atomic E-state index is 0.0303. The first kappa shape index (κ1) is 14.2. The predicted molar refractivity (Wildman–Crippen MR) is 61.6 cm³/mol. The van der Waals surface area contributed by atoms with E-state index < -0.39 is 24.6 Å². The molecule has 5 nitrogen and oxygen atoms in total. The van der Waals surface area contributed by atoms with E-state index in [2.05, 4.69) is 9.97 Å².